The molecule has 0 aromatic carbocycles. The number of ether oxygens (including phenoxy) is 2. The van der Waals surface area contributed by atoms with Crippen molar-refractivity contribution in [3.63, 3.8) is 0 Å². The molecule has 1 saturated carbocycles. The third-order valence-electron chi connectivity index (χ3n) is 4.36. The van der Waals surface area contributed by atoms with Gasteiger partial charge in [-0.3, -0.25) is 4.99 Å². The zero-order chi connectivity index (χ0) is 17.6. The van der Waals surface area contributed by atoms with E-state index in [0.717, 1.165) is 37.8 Å². The van der Waals surface area contributed by atoms with Crippen molar-refractivity contribution in [1.82, 2.24) is 10.6 Å². The van der Waals surface area contributed by atoms with Crippen LogP contribution in [0.25, 0.3) is 0 Å². The van der Waals surface area contributed by atoms with Crippen LogP contribution < -0.4 is 10.6 Å². The fourth-order valence-electron chi connectivity index (χ4n) is 2.97. The average molecular weight is 351 g/mol. The summed E-state index contributed by atoms with van der Waals surface area (Å²) >= 11 is 0. The maximum Gasteiger partial charge on any atom is 0.191 e. The van der Waals surface area contributed by atoms with E-state index in [9.17, 15) is 0 Å². The Labute approximate surface area is 151 Å². The van der Waals surface area contributed by atoms with Gasteiger partial charge < -0.3 is 24.5 Å². The molecule has 142 valence electrons. The molecule has 0 aliphatic heterocycles. The molecule has 6 heteroatoms. The topological polar surface area (TPSA) is 68.0 Å². The lowest BCUT2D eigenvalue weighted by molar-refractivity contribution is 0.0468. The van der Waals surface area contributed by atoms with Gasteiger partial charge in [0, 0.05) is 26.7 Å². The maximum absolute atomic E-state index is 5.98. The fourth-order valence-corrected chi connectivity index (χ4v) is 2.97. The number of guanidine groups is 1. The summed E-state index contributed by atoms with van der Waals surface area (Å²) in [6.45, 7) is 3.55. The molecule has 6 nitrogen and oxygen atoms in total. The van der Waals surface area contributed by atoms with Crippen LogP contribution in [0.4, 0.5) is 0 Å². The first-order chi connectivity index (χ1) is 12.4. The van der Waals surface area contributed by atoms with Crippen LogP contribution in [0.5, 0.6) is 0 Å². The second kappa shape index (κ2) is 12.8. The highest BCUT2D eigenvalue weighted by Crippen LogP contribution is 2.19. The van der Waals surface area contributed by atoms with E-state index in [1.54, 1.807) is 13.3 Å². The summed E-state index contributed by atoms with van der Waals surface area (Å²) in [6.07, 6.45) is 10.8. The summed E-state index contributed by atoms with van der Waals surface area (Å²) in [5, 5.41) is 6.59. The monoisotopic (exact) mass is 351 g/mol. The lowest BCUT2D eigenvalue weighted by Crippen LogP contribution is -2.39. The van der Waals surface area contributed by atoms with Crippen LogP contribution in [-0.4, -0.2) is 45.4 Å². The van der Waals surface area contributed by atoms with Crippen LogP contribution in [0.2, 0.25) is 0 Å². The zero-order valence-electron chi connectivity index (χ0n) is 15.5. The Hall–Kier alpha value is -1.53. The second-order valence-electron chi connectivity index (χ2n) is 6.40. The molecule has 1 heterocycles. The lowest BCUT2D eigenvalue weighted by Gasteiger charge is -2.16. The molecule has 0 bridgehead atoms. The summed E-state index contributed by atoms with van der Waals surface area (Å²) in [5.74, 6) is 1.68. The standard InChI is InChI=1S/C19H33N3O3/c1-20-19(21-11-7-13-23-16-18-10-6-14-24-18)22-12-15-25-17-8-4-2-3-5-9-17/h6,10,14,17H,2-5,7-9,11-13,15-16H2,1H3,(H2,20,21,22). The Morgan fingerprint density at radius 1 is 1.16 bits per heavy atom. The number of rotatable bonds is 10. The normalized spacial score (nSPS) is 16.6. The fraction of sp³-hybridized carbons (Fsp3) is 0.737. The minimum atomic E-state index is 0.450. The number of hydrogen-bond acceptors (Lipinski definition) is 4. The van der Waals surface area contributed by atoms with Crippen molar-refractivity contribution in [2.45, 2.75) is 57.7 Å². The Bertz CT molecular complexity index is 454. The van der Waals surface area contributed by atoms with E-state index in [2.05, 4.69) is 15.6 Å². The molecule has 0 atom stereocenters. The van der Waals surface area contributed by atoms with Crippen molar-refractivity contribution in [2.24, 2.45) is 4.99 Å². The first kappa shape index (κ1) is 19.8. The maximum atomic E-state index is 5.98. The van der Waals surface area contributed by atoms with Crippen LogP contribution >= 0.6 is 0 Å². The van der Waals surface area contributed by atoms with Gasteiger partial charge in [0.05, 0.1) is 19.0 Å². The summed E-state index contributed by atoms with van der Waals surface area (Å²) in [5.41, 5.74) is 0. The van der Waals surface area contributed by atoms with Crippen LogP contribution in [0, 0.1) is 0 Å². The van der Waals surface area contributed by atoms with Gasteiger partial charge in [0.25, 0.3) is 0 Å². The van der Waals surface area contributed by atoms with Gasteiger partial charge in [0.1, 0.15) is 12.4 Å². The van der Waals surface area contributed by atoms with E-state index >= 15 is 0 Å². The molecular formula is C19H33N3O3. The zero-order valence-corrected chi connectivity index (χ0v) is 15.5. The largest absolute Gasteiger partial charge is 0.467 e. The van der Waals surface area contributed by atoms with E-state index in [-0.39, 0.29) is 0 Å². The number of hydrogen-bond donors (Lipinski definition) is 2. The Morgan fingerprint density at radius 2 is 1.96 bits per heavy atom. The van der Waals surface area contributed by atoms with E-state index in [0.29, 0.717) is 19.3 Å². The van der Waals surface area contributed by atoms with Gasteiger partial charge in [-0.05, 0) is 31.4 Å². The van der Waals surface area contributed by atoms with Crippen molar-refractivity contribution in [3.8, 4) is 0 Å². The Kier molecular flexibility index (Phi) is 10.1. The van der Waals surface area contributed by atoms with Gasteiger partial charge in [0.15, 0.2) is 5.96 Å². The van der Waals surface area contributed by atoms with Gasteiger partial charge in [-0.25, -0.2) is 0 Å². The average Bonchev–Trinajstić information content (AvgIpc) is 3.02. The van der Waals surface area contributed by atoms with Crippen molar-refractivity contribution >= 4 is 5.96 Å². The van der Waals surface area contributed by atoms with Gasteiger partial charge in [0.2, 0.25) is 0 Å². The minimum Gasteiger partial charge on any atom is -0.467 e. The van der Waals surface area contributed by atoms with Crippen LogP contribution in [0.1, 0.15) is 50.7 Å². The number of nitrogens with one attached hydrogen (secondary N) is 2. The second-order valence-corrected chi connectivity index (χ2v) is 6.40. The molecular weight excluding hydrogens is 318 g/mol. The predicted molar refractivity (Wildman–Crippen MR) is 99.8 cm³/mol. The number of furan rings is 1. The van der Waals surface area contributed by atoms with E-state index in [1.807, 2.05) is 12.1 Å². The van der Waals surface area contributed by atoms with Gasteiger partial charge in [-0.15, -0.1) is 0 Å². The van der Waals surface area contributed by atoms with Gasteiger partial charge in [-0.1, -0.05) is 25.7 Å². The molecule has 1 aliphatic carbocycles. The summed E-state index contributed by atoms with van der Waals surface area (Å²) in [6, 6.07) is 3.79. The molecule has 2 N–H and O–H groups in total. The van der Waals surface area contributed by atoms with Crippen LogP contribution in [-0.2, 0) is 16.1 Å². The minimum absolute atomic E-state index is 0.450. The highest BCUT2D eigenvalue weighted by atomic mass is 16.5. The predicted octanol–water partition coefficient (Wildman–Crippen LogP) is 3.09. The summed E-state index contributed by atoms with van der Waals surface area (Å²) < 4.78 is 16.8. The Balaban J connectivity index is 1.44. The molecule has 1 aromatic heterocycles. The molecule has 0 radical (unpaired) electrons. The lowest BCUT2D eigenvalue weighted by atomic mass is 10.1. The third kappa shape index (κ3) is 8.93. The van der Waals surface area contributed by atoms with Crippen molar-refractivity contribution in [2.75, 3.05) is 33.4 Å². The summed E-state index contributed by atoms with van der Waals surface area (Å²) in [7, 11) is 1.79. The van der Waals surface area contributed by atoms with Gasteiger partial charge >= 0.3 is 0 Å². The molecule has 2 rings (SSSR count). The van der Waals surface area contributed by atoms with E-state index < -0.39 is 0 Å². The molecule has 0 spiro atoms. The first-order valence-corrected chi connectivity index (χ1v) is 9.54. The van der Waals surface area contributed by atoms with Crippen LogP contribution in [0.15, 0.2) is 27.8 Å². The molecule has 25 heavy (non-hydrogen) atoms. The third-order valence-corrected chi connectivity index (χ3v) is 4.36. The molecule has 1 aliphatic rings. The highest BCUT2D eigenvalue weighted by molar-refractivity contribution is 5.79. The number of nitrogens with zero attached hydrogens (tertiary/aromatic N) is 1. The molecule has 1 aromatic rings. The Morgan fingerprint density at radius 3 is 2.68 bits per heavy atom. The molecule has 0 unspecified atom stereocenters. The smallest absolute Gasteiger partial charge is 0.191 e. The van der Waals surface area contributed by atoms with Crippen molar-refractivity contribution in [3.05, 3.63) is 24.2 Å². The van der Waals surface area contributed by atoms with Crippen molar-refractivity contribution in [1.29, 1.82) is 0 Å². The number of aliphatic imine (C=N–C) groups is 1. The molecule has 0 amide bonds. The summed E-state index contributed by atoms with van der Waals surface area (Å²) in [4.78, 5) is 4.23. The van der Waals surface area contributed by atoms with Gasteiger partial charge in [-0.2, -0.15) is 0 Å². The molecule has 1 fully saturated rings. The van der Waals surface area contributed by atoms with Crippen LogP contribution in [0.3, 0.4) is 0 Å². The quantitative estimate of drug-likeness (QED) is 0.293. The van der Waals surface area contributed by atoms with E-state index in [1.165, 1.54) is 38.5 Å². The highest BCUT2D eigenvalue weighted by Gasteiger charge is 2.12. The SMILES string of the molecule is CN=C(NCCCOCc1ccco1)NCCOC1CCCCCC1. The van der Waals surface area contributed by atoms with E-state index in [4.69, 9.17) is 13.9 Å². The molecule has 0 saturated heterocycles. The first-order valence-electron chi connectivity index (χ1n) is 9.54. The van der Waals surface area contributed by atoms with Crippen molar-refractivity contribution < 1.29 is 13.9 Å².